The second-order valence-corrected chi connectivity index (χ2v) is 10.3. The van der Waals surface area contributed by atoms with Gasteiger partial charge < -0.3 is 11.1 Å². The van der Waals surface area contributed by atoms with Gasteiger partial charge in [-0.25, -0.2) is 8.42 Å². The Morgan fingerprint density at radius 1 is 1.30 bits per heavy atom. The number of nitrogens with one attached hydrogen (secondary N) is 1. The Kier molecular flexibility index (Phi) is 6.50. The van der Waals surface area contributed by atoms with Gasteiger partial charge in [-0.3, -0.25) is 4.79 Å². The number of hydrogen-bond acceptors (Lipinski definition) is 4. The molecule has 2 aliphatic rings. The number of carbonyl (C=O) groups excluding carboxylic acids is 1. The number of amides is 1. The fourth-order valence-corrected chi connectivity index (χ4v) is 5.95. The Labute approximate surface area is 175 Å². The van der Waals surface area contributed by atoms with Gasteiger partial charge in [0.15, 0.2) is 0 Å². The molecule has 1 amide bonds. The zero-order chi connectivity index (χ0) is 22.3. The van der Waals surface area contributed by atoms with E-state index >= 15 is 0 Å². The number of hydrogen-bond donors (Lipinski definition) is 2. The number of nitrogens with zero attached hydrogens (tertiary/aromatic N) is 1. The van der Waals surface area contributed by atoms with E-state index in [-0.39, 0.29) is 47.7 Å². The molecule has 6 nitrogen and oxygen atoms in total. The maximum absolute atomic E-state index is 13.0. The Bertz CT molecular complexity index is 891. The fraction of sp³-hybridized carbons (Fsp3) is 0.650. The summed E-state index contributed by atoms with van der Waals surface area (Å²) in [6.45, 7) is 4.28. The van der Waals surface area contributed by atoms with Crippen molar-refractivity contribution in [2.75, 3.05) is 13.1 Å². The Morgan fingerprint density at radius 2 is 2.00 bits per heavy atom. The SMILES string of the molecule is CC[C@H](C)[C@H](N)C(=O)NC1CCC2CN(S(=O)(=O)c3cccc(C(F)(F)F)c3)CC21. The fourth-order valence-electron chi connectivity index (χ4n) is 4.37. The first kappa shape index (κ1) is 23.0. The summed E-state index contributed by atoms with van der Waals surface area (Å²) in [6.07, 6.45) is -2.35. The van der Waals surface area contributed by atoms with E-state index in [1.165, 1.54) is 10.4 Å². The van der Waals surface area contributed by atoms with Crippen molar-refractivity contribution in [3.05, 3.63) is 29.8 Å². The molecule has 168 valence electrons. The molecule has 1 aromatic rings. The van der Waals surface area contributed by atoms with E-state index in [9.17, 15) is 26.4 Å². The maximum Gasteiger partial charge on any atom is 0.416 e. The number of rotatable bonds is 6. The molecule has 0 aromatic heterocycles. The van der Waals surface area contributed by atoms with Crippen LogP contribution in [0.4, 0.5) is 13.2 Å². The average molecular weight is 448 g/mol. The molecule has 10 heteroatoms. The molecule has 5 atom stereocenters. The van der Waals surface area contributed by atoms with E-state index in [1.54, 1.807) is 0 Å². The predicted octanol–water partition coefficient (Wildman–Crippen LogP) is 2.59. The van der Waals surface area contributed by atoms with Crippen molar-refractivity contribution < 1.29 is 26.4 Å². The highest BCUT2D eigenvalue weighted by Gasteiger charge is 2.47. The summed E-state index contributed by atoms with van der Waals surface area (Å²) in [6, 6.07) is 3.01. The van der Waals surface area contributed by atoms with Gasteiger partial charge in [0, 0.05) is 19.1 Å². The summed E-state index contributed by atoms with van der Waals surface area (Å²) in [5, 5.41) is 2.97. The van der Waals surface area contributed by atoms with E-state index in [1.807, 2.05) is 13.8 Å². The lowest BCUT2D eigenvalue weighted by atomic mass is 9.96. The summed E-state index contributed by atoms with van der Waals surface area (Å²) < 4.78 is 66.1. The van der Waals surface area contributed by atoms with Crippen LogP contribution in [0.15, 0.2) is 29.2 Å². The highest BCUT2D eigenvalue weighted by atomic mass is 32.2. The molecule has 3 rings (SSSR count). The highest BCUT2D eigenvalue weighted by molar-refractivity contribution is 7.89. The number of sulfonamides is 1. The van der Waals surface area contributed by atoms with Crippen molar-refractivity contribution in [1.82, 2.24) is 9.62 Å². The molecular weight excluding hydrogens is 419 g/mol. The quantitative estimate of drug-likeness (QED) is 0.701. The van der Waals surface area contributed by atoms with Crippen LogP contribution in [0.1, 0.15) is 38.7 Å². The van der Waals surface area contributed by atoms with Gasteiger partial charge in [-0.05, 0) is 48.8 Å². The van der Waals surface area contributed by atoms with Crippen LogP contribution < -0.4 is 11.1 Å². The van der Waals surface area contributed by atoms with Crippen molar-refractivity contribution in [2.45, 2.75) is 56.3 Å². The third-order valence-corrected chi connectivity index (χ3v) is 8.34. The average Bonchev–Trinajstić information content (AvgIpc) is 3.28. The van der Waals surface area contributed by atoms with Crippen molar-refractivity contribution in [1.29, 1.82) is 0 Å². The van der Waals surface area contributed by atoms with E-state index in [0.29, 0.717) is 6.07 Å². The summed E-state index contributed by atoms with van der Waals surface area (Å²) in [5.41, 5.74) is 5.00. The van der Waals surface area contributed by atoms with Crippen LogP contribution in [0.5, 0.6) is 0 Å². The minimum Gasteiger partial charge on any atom is -0.352 e. The van der Waals surface area contributed by atoms with Gasteiger partial charge in [0.05, 0.1) is 16.5 Å². The molecule has 3 unspecified atom stereocenters. The smallest absolute Gasteiger partial charge is 0.352 e. The van der Waals surface area contributed by atoms with Crippen LogP contribution in [0, 0.1) is 17.8 Å². The molecule has 0 spiro atoms. The Balaban J connectivity index is 1.72. The zero-order valence-corrected chi connectivity index (χ0v) is 17.8. The van der Waals surface area contributed by atoms with Crippen LogP contribution in [0.25, 0.3) is 0 Å². The second kappa shape index (κ2) is 8.47. The van der Waals surface area contributed by atoms with Gasteiger partial charge in [-0.15, -0.1) is 0 Å². The molecule has 1 aromatic carbocycles. The molecule has 0 radical (unpaired) electrons. The van der Waals surface area contributed by atoms with E-state index in [4.69, 9.17) is 5.73 Å². The normalized spacial score (nSPS) is 26.9. The lowest BCUT2D eigenvalue weighted by Gasteiger charge is -2.25. The monoisotopic (exact) mass is 447 g/mol. The molecule has 0 bridgehead atoms. The van der Waals surface area contributed by atoms with Gasteiger partial charge in [0.1, 0.15) is 0 Å². The van der Waals surface area contributed by atoms with Gasteiger partial charge in [-0.1, -0.05) is 26.3 Å². The van der Waals surface area contributed by atoms with Crippen molar-refractivity contribution in [2.24, 2.45) is 23.5 Å². The van der Waals surface area contributed by atoms with Crippen LogP contribution in [-0.4, -0.2) is 43.8 Å². The minimum absolute atomic E-state index is 0.0311. The zero-order valence-electron chi connectivity index (χ0n) is 17.0. The number of halogens is 3. The van der Waals surface area contributed by atoms with E-state index < -0.39 is 27.8 Å². The van der Waals surface area contributed by atoms with Gasteiger partial charge in [0.25, 0.3) is 0 Å². The molecule has 1 aliphatic heterocycles. The Hall–Kier alpha value is -1.65. The van der Waals surface area contributed by atoms with Gasteiger partial charge in [0.2, 0.25) is 15.9 Å². The lowest BCUT2D eigenvalue weighted by molar-refractivity contribution is -0.137. The molecule has 3 N–H and O–H groups in total. The molecule has 1 saturated carbocycles. The number of nitrogens with two attached hydrogens (primary N) is 1. The third kappa shape index (κ3) is 4.50. The maximum atomic E-state index is 13.0. The van der Waals surface area contributed by atoms with Crippen molar-refractivity contribution in [3.8, 4) is 0 Å². The van der Waals surface area contributed by atoms with Crippen LogP contribution in [0.3, 0.4) is 0 Å². The van der Waals surface area contributed by atoms with Crippen LogP contribution >= 0.6 is 0 Å². The van der Waals surface area contributed by atoms with Gasteiger partial charge >= 0.3 is 6.18 Å². The highest BCUT2D eigenvalue weighted by Crippen LogP contribution is 2.40. The van der Waals surface area contributed by atoms with Crippen molar-refractivity contribution in [3.63, 3.8) is 0 Å². The lowest BCUT2D eigenvalue weighted by Crippen LogP contribution is -2.50. The standard InChI is InChI=1S/C20H28F3N3O3S/c1-3-12(2)18(24)19(27)25-17-8-7-13-10-26(11-16(13)17)30(28,29)15-6-4-5-14(9-15)20(21,22)23/h4-6,9,12-13,16-18H,3,7-8,10-11,24H2,1-2H3,(H,25,27)/t12-,13?,16?,17?,18-/m0/s1. The van der Waals surface area contributed by atoms with Crippen LogP contribution in [-0.2, 0) is 21.0 Å². The largest absolute Gasteiger partial charge is 0.416 e. The van der Waals surface area contributed by atoms with Gasteiger partial charge in [-0.2, -0.15) is 17.5 Å². The number of benzene rings is 1. The number of carbonyl (C=O) groups is 1. The third-order valence-electron chi connectivity index (χ3n) is 6.51. The summed E-state index contributed by atoms with van der Waals surface area (Å²) in [4.78, 5) is 12.1. The molecule has 2 fully saturated rings. The minimum atomic E-state index is -4.61. The topological polar surface area (TPSA) is 92.5 Å². The summed E-state index contributed by atoms with van der Waals surface area (Å²) in [7, 11) is -4.05. The second-order valence-electron chi connectivity index (χ2n) is 8.38. The molecule has 1 saturated heterocycles. The van der Waals surface area contributed by atoms with Crippen LogP contribution in [0.2, 0.25) is 0 Å². The first-order valence-electron chi connectivity index (χ1n) is 10.2. The first-order chi connectivity index (χ1) is 13.9. The predicted molar refractivity (Wildman–Crippen MR) is 106 cm³/mol. The molecule has 1 heterocycles. The van der Waals surface area contributed by atoms with E-state index in [2.05, 4.69) is 5.32 Å². The Morgan fingerprint density at radius 3 is 2.63 bits per heavy atom. The van der Waals surface area contributed by atoms with Crippen molar-refractivity contribution >= 4 is 15.9 Å². The molecular formula is C20H28F3N3O3S. The number of fused-ring (bicyclic) bond motifs is 1. The molecule has 30 heavy (non-hydrogen) atoms. The molecule has 1 aliphatic carbocycles. The van der Waals surface area contributed by atoms with E-state index in [0.717, 1.165) is 31.4 Å². The first-order valence-corrected chi connectivity index (χ1v) is 11.6. The number of alkyl halides is 3. The summed E-state index contributed by atoms with van der Waals surface area (Å²) >= 11 is 0. The summed E-state index contributed by atoms with van der Waals surface area (Å²) in [5.74, 6) is -0.216.